The third-order valence-corrected chi connectivity index (χ3v) is 2.32. The Morgan fingerprint density at radius 3 is 2.77 bits per heavy atom. The van der Waals surface area contributed by atoms with Crippen LogP contribution in [0, 0.1) is 0 Å². The summed E-state index contributed by atoms with van der Waals surface area (Å²) >= 11 is 1.17. The van der Waals surface area contributed by atoms with Gasteiger partial charge in [-0.15, -0.1) is 5.10 Å². The SMILES string of the molecule is CCc1nnsc1C(=O)C=C(C)C. The van der Waals surface area contributed by atoms with Crippen LogP contribution in [0.4, 0.5) is 0 Å². The number of ketones is 1. The highest BCUT2D eigenvalue weighted by atomic mass is 32.1. The first-order chi connectivity index (χ1) is 6.15. The van der Waals surface area contributed by atoms with Crippen LogP contribution in [0.25, 0.3) is 0 Å². The fourth-order valence-corrected chi connectivity index (χ4v) is 1.62. The normalized spacial score (nSPS) is 9.77. The summed E-state index contributed by atoms with van der Waals surface area (Å²) in [6.07, 6.45) is 2.38. The Bertz CT molecular complexity index is 337. The van der Waals surface area contributed by atoms with Crippen LogP contribution in [0.5, 0.6) is 0 Å². The van der Waals surface area contributed by atoms with Gasteiger partial charge in [-0.05, 0) is 37.9 Å². The first-order valence-corrected chi connectivity index (χ1v) is 4.93. The third kappa shape index (κ3) is 2.45. The summed E-state index contributed by atoms with van der Waals surface area (Å²) in [6, 6.07) is 0. The van der Waals surface area contributed by atoms with E-state index in [1.165, 1.54) is 11.5 Å². The molecule has 0 fully saturated rings. The Labute approximate surface area is 81.6 Å². The van der Waals surface area contributed by atoms with Gasteiger partial charge in [-0.1, -0.05) is 17.0 Å². The largest absolute Gasteiger partial charge is 0.288 e. The van der Waals surface area contributed by atoms with Crippen LogP contribution in [0.1, 0.15) is 36.1 Å². The number of aromatic nitrogens is 2. The van der Waals surface area contributed by atoms with Gasteiger partial charge in [0.15, 0.2) is 5.78 Å². The van der Waals surface area contributed by atoms with E-state index in [9.17, 15) is 4.79 Å². The molecule has 0 aliphatic heterocycles. The number of carbonyl (C=O) groups excluding carboxylic acids is 1. The average molecular weight is 196 g/mol. The molecule has 0 amide bonds. The van der Waals surface area contributed by atoms with E-state index in [4.69, 9.17) is 0 Å². The quantitative estimate of drug-likeness (QED) is 0.550. The van der Waals surface area contributed by atoms with Crippen molar-refractivity contribution in [3.63, 3.8) is 0 Å². The maximum Gasteiger partial charge on any atom is 0.199 e. The molecule has 0 aliphatic carbocycles. The molecule has 0 atom stereocenters. The van der Waals surface area contributed by atoms with Gasteiger partial charge in [-0.2, -0.15) is 0 Å². The maximum absolute atomic E-state index is 11.5. The lowest BCUT2D eigenvalue weighted by molar-refractivity contribution is 0.104. The van der Waals surface area contributed by atoms with E-state index in [2.05, 4.69) is 9.59 Å². The predicted octanol–water partition coefficient (Wildman–Crippen LogP) is 2.25. The lowest BCUT2D eigenvalue weighted by atomic mass is 10.2. The van der Waals surface area contributed by atoms with Gasteiger partial charge < -0.3 is 0 Å². The molecule has 1 aromatic heterocycles. The zero-order chi connectivity index (χ0) is 9.84. The molecular weight excluding hydrogens is 184 g/mol. The molecule has 0 bridgehead atoms. The minimum Gasteiger partial charge on any atom is -0.288 e. The second kappa shape index (κ2) is 4.28. The van der Waals surface area contributed by atoms with Gasteiger partial charge in [0.25, 0.3) is 0 Å². The summed E-state index contributed by atoms with van der Waals surface area (Å²) in [5.41, 5.74) is 1.80. The van der Waals surface area contributed by atoms with Crippen LogP contribution < -0.4 is 0 Å². The van der Waals surface area contributed by atoms with E-state index in [1.807, 2.05) is 20.8 Å². The minimum absolute atomic E-state index is 0.0202. The van der Waals surface area contributed by atoms with Crippen molar-refractivity contribution in [3.05, 3.63) is 22.2 Å². The monoisotopic (exact) mass is 196 g/mol. The van der Waals surface area contributed by atoms with Crippen LogP contribution in [0.2, 0.25) is 0 Å². The van der Waals surface area contributed by atoms with Crippen LogP contribution >= 0.6 is 11.5 Å². The van der Waals surface area contributed by atoms with Crippen molar-refractivity contribution in [1.29, 1.82) is 0 Å². The van der Waals surface area contributed by atoms with Crippen molar-refractivity contribution in [1.82, 2.24) is 9.59 Å². The second-order valence-corrected chi connectivity index (χ2v) is 3.74. The number of hydrogen-bond donors (Lipinski definition) is 0. The Kier molecular flexibility index (Phi) is 3.31. The van der Waals surface area contributed by atoms with E-state index < -0.39 is 0 Å². The maximum atomic E-state index is 11.5. The molecule has 0 saturated heterocycles. The van der Waals surface area contributed by atoms with Crippen molar-refractivity contribution in [2.75, 3.05) is 0 Å². The Balaban J connectivity index is 2.95. The molecule has 0 aliphatic rings. The number of nitrogens with zero attached hydrogens (tertiary/aromatic N) is 2. The first-order valence-electron chi connectivity index (χ1n) is 4.15. The molecule has 13 heavy (non-hydrogen) atoms. The Morgan fingerprint density at radius 1 is 1.54 bits per heavy atom. The summed E-state index contributed by atoms with van der Waals surface area (Å²) in [7, 11) is 0. The average Bonchev–Trinajstić information content (AvgIpc) is 2.49. The summed E-state index contributed by atoms with van der Waals surface area (Å²) in [5, 5.41) is 3.88. The first kappa shape index (κ1) is 10.1. The summed E-state index contributed by atoms with van der Waals surface area (Å²) < 4.78 is 3.76. The van der Waals surface area contributed by atoms with Crippen molar-refractivity contribution < 1.29 is 4.79 Å². The molecule has 0 aromatic carbocycles. The molecule has 0 N–H and O–H groups in total. The molecule has 0 radical (unpaired) electrons. The van der Waals surface area contributed by atoms with Gasteiger partial charge in [0.05, 0.1) is 5.69 Å². The predicted molar refractivity (Wildman–Crippen MR) is 53.0 cm³/mol. The third-order valence-electron chi connectivity index (χ3n) is 1.53. The lowest BCUT2D eigenvalue weighted by Crippen LogP contribution is -1.96. The number of aryl methyl sites for hydroxylation is 1. The highest BCUT2D eigenvalue weighted by Gasteiger charge is 2.11. The van der Waals surface area contributed by atoms with E-state index in [1.54, 1.807) is 6.08 Å². The van der Waals surface area contributed by atoms with Crippen molar-refractivity contribution in [2.45, 2.75) is 27.2 Å². The molecule has 70 valence electrons. The topological polar surface area (TPSA) is 42.9 Å². The molecule has 0 saturated carbocycles. The van der Waals surface area contributed by atoms with E-state index in [-0.39, 0.29) is 5.78 Å². The summed E-state index contributed by atoms with van der Waals surface area (Å²) in [6.45, 7) is 5.77. The highest BCUT2D eigenvalue weighted by molar-refractivity contribution is 7.08. The van der Waals surface area contributed by atoms with Gasteiger partial charge >= 0.3 is 0 Å². The molecule has 3 nitrogen and oxygen atoms in total. The van der Waals surface area contributed by atoms with Crippen LogP contribution in [0.3, 0.4) is 0 Å². The summed E-state index contributed by atoms with van der Waals surface area (Å²) in [4.78, 5) is 12.2. The molecule has 1 rings (SSSR count). The van der Waals surface area contributed by atoms with Crippen LogP contribution in [-0.2, 0) is 6.42 Å². The van der Waals surface area contributed by atoms with E-state index >= 15 is 0 Å². The van der Waals surface area contributed by atoms with Gasteiger partial charge in [-0.3, -0.25) is 4.79 Å². The Hall–Kier alpha value is -1.03. The van der Waals surface area contributed by atoms with Crippen molar-refractivity contribution >= 4 is 17.3 Å². The van der Waals surface area contributed by atoms with Gasteiger partial charge in [0.1, 0.15) is 4.88 Å². The van der Waals surface area contributed by atoms with Gasteiger partial charge in [0.2, 0.25) is 0 Å². The number of hydrogen-bond acceptors (Lipinski definition) is 4. The molecule has 0 spiro atoms. The fraction of sp³-hybridized carbons (Fsp3) is 0.444. The zero-order valence-corrected chi connectivity index (χ0v) is 8.81. The molecule has 4 heteroatoms. The van der Waals surface area contributed by atoms with E-state index in [0.29, 0.717) is 4.88 Å². The van der Waals surface area contributed by atoms with E-state index in [0.717, 1.165) is 17.7 Å². The minimum atomic E-state index is 0.0202. The molecule has 1 aromatic rings. The number of carbonyl (C=O) groups is 1. The molecular formula is C9H12N2OS. The van der Waals surface area contributed by atoms with Crippen LogP contribution in [-0.4, -0.2) is 15.4 Å². The van der Waals surface area contributed by atoms with Crippen molar-refractivity contribution in [2.24, 2.45) is 0 Å². The van der Waals surface area contributed by atoms with Gasteiger partial charge in [0, 0.05) is 0 Å². The summed E-state index contributed by atoms with van der Waals surface area (Å²) in [5.74, 6) is 0.0202. The fourth-order valence-electron chi connectivity index (χ4n) is 0.955. The smallest absolute Gasteiger partial charge is 0.199 e. The second-order valence-electron chi connectivity index (χ2n) is 2.99. The highest BCUT2D eigenvalue weighted by Crippen LogP contribution is 2.13. The molecule has 1 heterocycles. The zero-order valence-electron chi connectivity index (χ0n) is 8.00. The number of rotatable bonds is 3. The number of allylic oxidation sites excluding steroid dienone is 2. The van der Waals surface area contributed by atoms with Crippen molar-refractivity contribution in [3.8, 4) is 0 Å². The standard InChI is InChI=1S/C9H12N2OS/c1-4-7-9(13-11-10-7)8(12)5-6(2)3/h5H,4H2,1-3H3. The molecule has 0 unspecified atom stereocenters. The Morgan fingerprint density at radius 2 is 2.23 bits per heavy atom. The van der Waals surface area contributed by atoms with Gasteiger partial charge in [-0.25, -0.2) is 0 Å². The van der Waals surface area contributed by atoms with Crippen LogP contribution in [0.15, 0.2) is 11.6 Å². The lowest BCUT2D eigenvalue weighted by Gasteiger charge is -1.92.